The summed E-state index contributed by atoms with van der Waals surface area (Å²) in [5.74, 6) is 4.69. The zero-order chi connectivity index (χ0) is 27.8. The lowest BCUT2D eigenvalue weighted by molar-refractivity contribution is 0.157. The number of nitrogens with one attached hydrogen (secondary N) is 8. The molecule has 9 fully saturated rings. The third kappa shape index (κ3) is 4.57. The molecule has 0 aromatic carbocycles. The number of nitrogens with zero attached hydrogens (tertiary/aromatic N) is 1. The van der Waals surface area contributed by atoms with Crippen LogP contribution >= 0.6 is 0 Å². The molecule has 9 rings (SSSR count). The molecule has 5 saturated heterocycles. The van der Waals surface area contributed by atoms with Gasteiger partial charge in [-0.25, -0.2) is 0 Å². The molecule has 5 heterocycles. The van der Waals surface area contributed by atoms with Crippen LogP contribution in [0.3, 0.4) is 0 Å². The first kappa shape index (κ1) is 27.6. The van der Waals surface area contributed by atoms with Crippen LogP contribution in [0.1, 0.15) is 96.3 Å². The van der Waals surface area contributed by atoms with Crippen molar-refractivity contribution in [1.82, 2.24) is 42.5 Å². The topological polar surface area (TPSA) is 126 Å². The molecule has 42 heavy (non-hydrogen) atoms. The number of hydrogen-bond acceptors (Lipinski definition) is 10. The van der Waals surface area contributed by atoms with E-state index in [0.29, 0.717) is 72.3 Å². The molecule has 0 spiro atoms. The van der Waals surface area contributed by atoms with Gasteiger partial charge in [-0.05, 0) is 92.8 Å². The third-order valence-corrected chi connectivity index (χ3v) is 14.0. The van der Waals surface area contributed by atoms with Gasteiger partial charge in [0.05, 0.1) is 55.4 Å². The fraction of sp³-hybridized carbons (Fsp3) is 1.00. The highest BCUT2D eigenvalue weighted by Crippen LogP contribution is 2.46. The predicted octanol–water partition coefficient (Wildman–Crippen LogP) is 2.35. The Morgan fingerprint density at radius 3 is 0.952 bits per heavy atom. The quantitative estimate of drug-likeness (QED) is 0.220. The summed E-state index contributed by atoms with van der Waals surface area (Å²) in [7, 11) is 0. The molecular weight excluding hydrogens is 526 g/mol. The van der Waals surface area contributed by atoms with Gasteiger partial charge < -0.3 is 0 Å². The van der Waals surface area contributed by atoms with Crippen LogP contribution in [-0.2, 0) is 0 Å². The van der Waals surface area contributed by atoms with Crippen molar-refractivity contribution in [1.29, 1.82) is 0 Å². The van der Waals surface area contributed by atoms with Crippen LogP contribution in [0.2, 0.25) is 0 Å². The molecular formula is C32H55N9O. The molecule has 17 unspecified atom stereocenters. The monoisotopic (exact) mass is 581 g/mol. The minimum Gasteiger partial charge on any atom is -0.286 e. The Bertz CT molecular complexity index is 999. The van der Waals surface area contributed by atoms with Gasteiger partial charge in [0.1, 0.15) is 0 Å². The van der Waals surface area contributed by atoms with Crippen molar-refractivity contribution in [2.45, 2.75) is 152 Å². The summed E-state index contributed by atoms with van der Waals surface area (Å²) in [6.07, 6.45) is 21.5. The smallest absolute Gasteiger partial charge is 0.0979 e. The van der Waals surface area contributed by atoms with E-state index < -0.39 is 0 Å². The zero-order valence-electron chi connectivity index (χ0n) is 25.3. The highest BCUT2D eigenvalue weighted by Gasteiger charge is 2.55. The highest BCUT2D eigenvalue weighted by molar-refractivity contribution is 5.09. The van der Waals surface area contributed by atoms with Crippen LogP contribution in [0.4, 0.5) is 0 Å². The van der Waals surface area contributed by atoms with Gasteiger partial charge in [-0.1, -0.05) is 50.1 Å². The molecule has 0 radical (unpaired) electrons. The lowest BCUT2D eigenvalue weighted by atomic mass is 9.75. The number of hydrogen-bond donors (Lipinski definition) is 8. The van der Waals surface area contributed by atoms with Gasteiger partial charge >= 0.3 is 0 Å². The summed E-state index contributed by atoms with van der Waals surface area (Å²) < 4.78 is 0. The van der Waals surface area contributed by atoms with Crippen LogP contribution in [0, 0.1) is 52.3 Å². The SMILES string of the molecule is O=NC1CCCC2C3NC4NC(NC5NC(NC6NC(NC(N3)C12)C1CCCCC61)C1CCCCC51)C1CCCCC41. The largest absolute Gasteiger partial charge is 0.286 e. The van der Waals surface area contributed by atoms with Gasteiger partial charge in [0.15, 0.2) is 0 Å². The first-order valence-electron chi connectivity index (χ1n) is 18.2. The normalized spacial score (nSPS) is 57.1. The van der Waals surface area contributed by atoms with Crippen LogP contribution in [0.5, 0.6) is 0 Å². The van der Waals surface area contributed by atoms with E-state index in [4.69, 9.17) is 0 Å². The Morgan fingerprint density at radius 1 is 0.333 bits per heavy atom. The van der Waals surface area contributed by atoms with E-state index in [1.54, 1.807) is 0 Å². The van der Waals surface area contributed by atoms with Crippen molar-refractivity contribution in [3.8, 4) is 0 Å². The second kappa shape index (κ2) is 11.3. The molecule has 8 N–H and O–H groups in total. The first-order chi connectivity index (χ1) is 20.7. The lowest BCUT2D eigenvalue weighted by Gasteiger charge is -2.36. The highest BCUT2D eigenvalue weighted by atomic mass is 16.3. The summed E-state index contributed by atoms with van der Waals surface area (Å²) in [5.41, 5.74) is 0. The summed E-state index contributed by atoms with van der Waals surface area (Å²) in [6.45, 7) is 0. The molecule has 0 aromatic heterocycles. The maximum absolute atomic E-state index is 12.2. The van der Waals surface area contributed by atoms with Crippen LogP contribution < -0.4 is 42.5 Å². The van der Waals surface area contributed by atoms with Gasteiger partial charge in [-0.15, -0.1) is 0 Å². The van der Waals surface area contributed by atoms with Gasteiger partial charge in [0.25, 0.3) is 0 Å². The van der Waals surface area contributed by atoms with E-state index in [9.17, 15) is 4.91 Å². The summed E-state index contributed by atoms with van der Waals surface area (Å²) in [6, 6.07) is -0.100. The Labute approximate surface area is 251 Å². The van der Waals surface area contributed by atoms with E-state index in [1.165, 1.54) is 83.5 Å². The maximum Gasteiger partial charge on any atom is 0.0979 e. The Kier molecular flexibility index (Phi) is 7.40. The number of rotatable bonds is 1. The molecule has 10 heteroatoms. The van der Waals surface area contributed by atoms with Gasteiger partial charge in [0.2, 0.25) is 0 Å². The Morgan fingerprint density at radius 2 is 0.619 bits per heavy atom. The van der Waals surface area contributed by atoms with Gasteiger partial charge in [-0.3, -0.25) is 42.5 Å². The first-order valence-corrected chi connectivity index (χ1v) is 18.2. The Balaban J connectivity index is 1.07. The van der Waals surface area contributed by atoms with Crippen LogP contribution in [0.15, 0.2) is 5.18 Å². The molecule has 0 aromatic rings. The van der Waals surface area contributed by atoms with Crippen molar-refractivity contribution in [2.75, 3.05) is 0 Å². The predicted molar refractivity (Wildman–Crippen MR) is 162 cm³/mol. The summed E-state index contributed by atoms with van der Waals surface area (Å²) in [5, 5.41) is 36.9. The van der Waals surface area contributed by atoms with Crippen LogP contribution in [-0.4, -0.2) is 55.4 Å². The molecule has 0 amide bonds. The second-order valence-electron chi connectivity index (χ2n) is 15.8. The number of fused-ring (bicyclic) bond motifs is 20. The molecule has 17 atom stereocenters. The lowest BCUT2D eigenvalue weighted by Crippen LogP contribution is -2.62. The van der Waals surface area contributed by atoms with Crippen molar-refractivity contribution < 1.29 is 0 Å². The minimum atomic E-state index is -0.100. The van der Waals surface area contributed by atoms with E-state index in [-0.39, 0.29) is 30.5 Å². The average molecular weight is 582 g/mol. The van der Waals surface area contributed by atoms with Crippen molar-refractivity contribution in [3.05, 3.63) is 4.91 Å². The molecule has 4 saturated carbocycles. The van der Waals surface area contributed by atoms with Crippen molar-refractivity contribution >= 4 is 0 Å². The third-order valence-electron chi connectivity index (χ3n) is 14.0. The van der Waals surface area contributed by atoms with Crippen LogP contribution in [0.25, 0.3) is 0 Å². The molecule has 5 aliphatic heterocycles. The molecule has 8 bridgehead atoms. The number of nitroso groups, excluding NO2 is 1. The van der Waals surface area contributed by atoms with Gasteiger partial charge in [-0.2, -0.15) is 4.91 Å². The fourth-order valence-corrected chi connectivity index (χ4v) is 12.1. The van der Waals surface area contributed by atoms with E-state index in [2.05, 4.69) is 47.7 Å². The van der Waals surface area contributed by atoms with E-state index in [1.807, 2.05) is 0 Å². The zero-order valence-corrected chi connectivity index (χ0v) is 25.3. The second-order valence-corrected chi connectivity index (χ2v) is 15.8. The molecule has 4 aliphatic carbocycles. The molecule has 10 nitrogen and oxygen atoms in total. The molecule has 9 aliphatic rings. The average Bonchev–Trinajstić information content (AvgIpc) is 3.76. The Hall–Kier alpha value is -0.720. The molecule has 234 valence electrons. The van der Waals surface area contributed by atoms with Crippen molar-refractivity contribution in [2.24, 2.45) is 52.5 Å². The maximum atomic E-state index is 12.2. The fourth-order valence-electron chi connectivity index (χ4n) is 12.1. The van der Waals surface area contributed by atoms with E-state index >= 15 is 0 Å². The summed E-state index contributed by atoms with van der Waals surface area (Å²) in [4.78, 5) is 12.2. The summed E-state index contributed by atoms with van der Waals surface area (Å²) >= 11 is 0. The van der Waals surface area contributed by atoms with E-state index in [0.717, 1.165) is 12.8 Å². The minimum absolute atomic E-state index is 0.100. The standard InChI is InChI=1S/C32H55N9O/c42-41-23-15-7-14-22-24(23)32-39-30-21-13-6-5-12-20(21)28(37-30)35-26-17-9-2-1-8-16(17)25(33-26)34-27-18-10-3-4-11-19(18)29(36-27)38-31(22)40-32/h16-40H,1-15H2. The van der Waals surface area contributed by atoms with Crippen molar-refractivity contribution in [3.63, 3.8) is 0 Å². The van der Waals surface area contributed by atoms with Gasteiger partial charge in [0, 0.05) is 5.92 Å².